The van der Waals surface area contributed by atoms with Gasteiger partial charge in [-0.2, -0.15) is 54.1 Å². The molecular formula is C42H36N8O16S4. The van der Waals surface area contributed by atoms with Crippen molar-refractivity contribution in [2.75, 3.05) is 14.2 Å². The third-order valence-electron chi connectivity index (χ3n) is 9.64. The molecule has 0 aliphatic carbocycles. The Bertz CT molecular complexity index is 3420. The predicted octanol–water partition coefficient (Wildman–Crippen LogP) is 10.2. The lowest BCUT2D eigenvalue weighted by atomic mass is 10.1. The first kappa shape index (κ1) is 51.7. The average Bonchev–Trinajstić information content (AvgIpc) is 3.29. The van der Waals surface area contributed by atoms with Gasteiger partial charge in [0.1, 0.15) is 9.79 Å². The molecule has 0 unspecified atom stereocenters. The lowest BCUT2D eigenvalue weighted by Crippen LogP contribution is -2.04. The number of hydrogen-bond acceptors (Lipinski definition) is 18. The van der Waals surface area contributed by atoms with E-state index >= 15 is 0 Å². The fourth-order valence-corrected chi connectivity index (χ4v) is 8.48. The van der Waals surface area contributed by atoms with Crippen LogP contribution in [0, 0.1) is 24.3 Å². The molecule has 6 rings (SSSR count). The van der Waals surface area contributed by atoms with Crippen LogP contribution < -0.4 is 9.47 Å². The minimum Gasteiger partial charge on any atom is -0.594 e. The van der Waals surface area contributed by atoms with Gasteiger partial charge in [0.25, 0.3) is 40.5 Å². The summed E-state index contributed by atoms with van der Waals surface area (Å²) in [6.07, 6.45) is 2.12. The lowest BCUT2D eigenvalue weighted by molar-refractivity contribution is -0.435. The van der Waals surface area contributed by atoms with E-state index in [1.807, 2.05) is 0 Å². The second-order valence-electron chi connectivity index (χ2n) is 14.4. The SMILES string of the molecule is COc1cc(N=Nc2ccc(S(=O)(=O)O)cc2)c(C)cc1N=[N+]([O-])c1ccc(C=Cc2ccc([N+]([O-])=Nc3cc(C)c(N=Nc4ccc(S(=O)(=O)O)cc4)cc3OC)cc2S(=O)(=O)O)c(S(=O)(=O)O)c1. The Labute approximate surface area is 399 Å². The normalized spacial score (nSPS) is 13.1. The van der Waals surface area contributed by atoms with E-state index in [-0.39, 0.29) is 87.6 Å². The molecule has 4 N–H and O–H groups in total. The van der Waals surface area contributed by atoms with Gasteiger partial charge in [0.05, 0.1) is 46.8 Å². The Morgan fingerprint density at radius 1 is 0.457 bits per heavy atom. The fraction of sp³-hybridized carbons (Fsp3) is 0.0952. The lowest BCUT2D eigenvalue weighted by Gasteiger charge is -2.09. The van der Waals surface area contributed by atoms with Crippen molar-refractivity contribution in [2.24, 2.45) is 30.7 Å². The number of methoxy groups -OCH3 is 2. The highest BCUT2D eigenvalue weighted by Crippen LogP contribution is 2.39. The summed E-state index contributed by atoms with van der Waals surface area (Å²) in [6, 6.07) is 21.4. The second kappa shape index (κ2) is 20.5. The molecule has 28 heteroatoms. The van der Waals surface area contributed by atoms with E-state index in [9.17, 15) is 62.3 Å². The Morgan fingerprint density at radius 3 is 1.10 bits per heavy atom. The van der Waals surface area contributed by atoms with E-state index in [1.165, 1.54) is 62.8 Å². The molecule has 6 aromatic rings. The molecule has 364 valence electrons. The quantitative estimate of drug-likeness (QED) is 0.0230. The molecule has 0 atom stereocenters. The smallest absolute Gasteiger partial charge is 0.295 e. The third kappa shape index (κ3) is 12.7. The van der Waals surface area contributed by atoms with Crippen molar-refractivity contribution in [3.8, 4) is 11.5 Å². The third-order valence-corrected chi connectivity index (χ3v) is 13.2. The van der Waals surface area contributed by atoms with Crippen LogP contribution in [0.25, 0.3) is 12.2 Å². The maximum absolute atomic E-state index is 13.3. The van der Waals surface area contributed by atoms with Crippen LogP contribution in [0.4, 0.5) is 45.5 Å². The van der Waals surface area contributed by atoms with Gasteiger partial charge in [0, 0.05) is 46.6 Å². The van der Waals surface area contributed by atoms with Crippen LogP contribution >= 0.6 is 0 Å². The van der Waals surface area contributed by atoms with Crippen LogP contribution in [0.2, 0.25) is 0 Å². The largest absolute Gasteiger partial charge is 0.594 e. The molecule has 0 radical (unpaired) electrons. The zero-order valence-electron chi connectivity index (χ0n) is 36.4. The molecule has 24 nitrogen and oxygen atoms in total. The van der Waals surface area contributed by atoms with Gasteiger partial charge in [0.2, 0.25) is 11.4 Å². The predicted molar refractivity (Wildman–Crippen MR) is 249 cm³/mol. The van der Waals surface area contributed by atoms with Crippen LogP contribution in [0.5, 0.6) is 11.5 Å². The van der Waals surface area contributed by atoms with E-state index in [0.717, 1.165) is 72.8 Å². The number of ether oxygens (including phenoxy) is 2. The maximum Gasteiger partial charge on any atom is 0.295 e. The van der Waals surface area contributed by atoms with Crippen molar-refractivity contribution in [1.29, 1.82) is 0 Å². The summed E-state index contributed by atoms with van der Waals surface area (Å²) in [6.45, 7) is 3.21. The topological polar surface area (TPSA) is 362 Å². The molecule has 0 aromatic heterocycles. The number of azo groups is 4. The summed E-state index contributed by atoms with van der Waals surface area (Å²) >= 11 is 0. The molecule has 0 aliphatic rings. The summed E-state index contributed by atoms with van der Waals surface area (Å²) in [4.78, 5) is -2.20. The summed E-state index contributed by atoms with van der Waals surface area (Å²) in [7, 11) is -16.4. The zero-order valence-corrected chi connectivity index (χ0v) is 39.7. The Hall–Kier alpha value is -7.70. The number of benzene rings is 6. The van der Waals surface area contributed by atoms with Crippen LogP contribution in [0.1, 0.15) is 22.3 Å². The Kier molecular flexibility index (Phi) is 15.1. The molecule has 0 bridgehead atoms. The first-order valence-electron chi connectivity index (χ1n) is 19.4. The van der Waals surface area contributed by atoms with E-state index in [1.54, 1.807) is 13.8 Å². The molecule has 6 aromatic carbocycles. The van der Waals surface area contributed by atoms with Crippen LogP contribution in [-0.2, 0) is 40.5 Å². The van der Waals surface area contributed by atoms with E-state index in [4.69, 9.17) is 9.47 Å². The number of nitrogens with zero attached hydrogens (tertiary/aromatic N) is 8. The molecule has 0 aliphatic heterocycles. The van der Waals surface area contributed by atoms with Crippen molar-refractivity contribution in [2.45, 2.75) is 33.4 Å². The highest BCUT2D eigenvalue weighted by Gasteiger charge is 2.23. The maximum atomic E-state index is 13.3. The highest BCUT2D eigenvalue weighted by molar-refractivity contribution is 7.86. The molecule has 0 spiro atoms. The van der Waals surface area contributed by atoms with Gasteiger partial charge in [-0.3, -0.25) is 18.2 Å². The van der Waals surface area contributed by atoms with Gasteiger partial charge in [0.15, 0.2) is 22.9 Å². The van der Waals surface area contributed by atoms with Gasteiger partial charge >= 0.3 is 0 Å². The molecule has 0 saturated carbocycles. The van der Waals surface area contributed by atoms with Crippen LogP contribution in [0.15, 0.2) is 159 Å². The molecule has 0 saturated heterocycles. The van der Waals surface area contributed by atoms with Crippen LogP contribution in [0.3, 0.4) is 0 Å². The standard InChI is InChI=1S/C42H36N8O16S4/c1-25-19-37(39(65-3)23-35(25)45-43-29-9-15-33(16-10-29)67(53,54)55)47-49(51)31-13-7-27(41(21-31)69(59,60)61)5-6-28-8-14-32(22-42(28)70(62,63)64)50(52)48-38-20-26(2)36(24-40(38)66-4)46-44-30-11-17-34(18-12-30)68(56,57)58/h5-24H,1-4H3,(H,53,54,55)(H,56,57,58)(H,59,60,61)(H,62,63,64). The van der Waals surface area contributed by atoms with Gasteiger partial charge in [-0.15, -0.1) is 0 Å². The molecule has 0 amide bonds. The van der Waals surface area contributed by atoms with E-state index in [0.29, 0.717) is 11.1 Å². The number of rotatable bonds is 16. The molecule has 0 heterocycles. The minimum absolute atomic E-state index is 0.0312. The average molecular weight is 1040 g/mol. The van der Waals surface area contributed by atoms with Crippen LogP contribution in [-0.4, -0.2) is 75.8 Å². The fourth-order valence-electron chi connectivity index (χ4n) is 6.11. The van der Waals surface area contributed by atoms with E-state index < -0.39 is 50.3 Å². The Balaban J connectivity index is 1.26. The summed E-state index contributed by atoms with van der Waals surface area (Å²) < 4.78 is 145. The van der Waals surface area contributed by atoms with Crippen molar-refractivity contribution in [3.63, 3.8) is 0 Å². The number of hydrogen-bond donors (Lipinski definition) is 4. The highest BCUT2D eigenvalue weighted by atomic mass is 32.2. The minimum atomic E-state index is -5.07. The summed E-state index contributed by atoms with van der Waals surface area (Å²) in [5.41, 5.74) is 0.545. The van der Waals surface area contributed by atoms with Gasteiger partial charge in [-0.25, -0.2) is 0 Å². The first-order chi connectivity index (χ1) is 32.7. The molecule has 0 fully saturated rings. The van der Waals surface area contributed by atoms with E-state index in [2.05, 4.69) is 30.7 Å². The van der Waals surface area contributed by atoms with Crippen molar-refractivity contribution in [3.05, 3.63) is 142 Å². The van der Waals surface area contributed by atoms with Crippen molar-refractivity contribution >= 4 is 98.1 Å². The van der Waals surface area contributed by atoms with Crippen molar-refractivity contribution < 1.29 is 71.1 Å². The van der Waals surface area contributed by atoms with Gasteiger partial charge in [-0.05, 0) is 119 Å². The monoisotopic (exact) mass is 1040 g/mol. The zero-order chi connectivity index (χ0) is 51.3. The summed E-state index contributed by atoms with van der Waals surface area (Å²) in [5.74, 6) is 0.0624. The van der Waals surface area contributed by atoms with Crippen molar-refractivity contribution in [1.82, 2.24) is 0 Å². The summed E-state index contributed by atoms with van der Waals surface area (Å²) in [5, 5.41) is 50.9. The number of aryl methyl sites for hydroxylation is 2. The first-order valence-corrected chi connectivity index (χ1v) is 25.2. The Morgan fingerprint density at radius 2 is 0.800 bits per heavy atom. The van der Waals surface area contributed by atoms with Gasteiger partial charge < -0.3 is 19.9 Å². The second-order valence-corrected chi connectivity index (χ2v) is 20.1. The molecular weight excluding hydrogens is 1000 g/mol. The van der Waals surface area contributed by atoms with Gasteiger partial charge in [-0.1, -0.05) is 12.2 Å². The molecule has 70 heavy (non-hydrogen) atoms.